The molecule has 7 unspecified atom stereocenters. The zero-order valence-corrected chi connectivity index (χ0v) is 57.0. The lowest BCUT2D eigenvalue weighted by molar-refractivity contribution is -0.302. The molecule has 1 heterocycles. The van der Waals surface area contributed by atoms with Gasteiger partial charge in [0.25, 0.3) is 0 Å². The first-order valence-corrected chi connectivity index (χ1v) is 37.1. The summed E-state index contributed by atoms with van der Waals surface area (Å²) in [5.74, 6) is -0.188. The van der Waals surface area contributed by atoms with Gasteiger partial charge in [0, 0.05) is 6.42 Å². The van der Waals surface area contributed by atoms with Crippen LogP contribution in [0.15, 0.2) is 109 Å². The number of ether oxygens (including phenoxy) is 2. The number of aliphatic hydroxyl groups is 5. The first kappa shape index (κ1) is 82.9. The number of carbonyl (C=O) groups excluding carboxylic acids is 1. The SMILES string of the molecule is CC/C=C\C/C=C\C/C=C\C/C=C\C/C=C\C/C=C\C/C=C\CCCCCCCCCCCCCCCC(=O)NC(COC1OC(CO)C(O)C(O)C1O)C(O)/C=C/CC/C=C/CCCCCCCCCCCCCCCCCCCCCCCCCC. The molecule has 9 nitrogen and oxygen atoms in total. The van der Waals surface area contributed by atoms with Crippen LogP contribution in [0.4, 0.5) is 0 Å². The molecule has 0 aliphatic carbocycles. The van der Waals surface area contributed by atoms with E-state index < -0.39 is 49.5 Å². The van der Waals surface area contributed by atoms with Gasteiger partial charge in [-0.15, -0.1) is 0 Å². The van der Waals surface area contributed by atoms with E-state index in [9.17, 15) is 30.3 Å². The number of hydrogen-bond donors (Lipinski definition) is 6. The van der Waals surface area contributed by atoms with Crippen LogP contribution in [0.1, 0.15) is 328 Å². The van der Waals surface area contributed by atoms with Gasteiger partial charge in [-0.1, -0.05) is 342 Å². The molecule has 0 saturated carbocycles. The van der Waals surface area contributed by atoms with Crippen molar-refractivity contribution in [2.24, 2.45) is 0 Å². The standard InChI is InChI=1S/C79H139NO8/c1-3-5-7-9-11-13-15-17-19-21-23-25-27-29-31-33-35-36-37-38-39-41-43-45-47-49-51-53-55-57-59-61-63-65-67-69-75(83)80-72(71-87-79-78(86)77(85)76(84)74(70-81)88-79)73(82)68-66-64-62-60-58-56-54-52-50-48-46-44-42-40-34-32-30-28-26-24-22-20-18-16-14-12-10-8-6-4-2/h5,7,11,13,17,19,23,25,29,31,35-36,38-39,58,60,66,68,72-74,76-79,81-82,84-86H,3-4,6,8-10,12,14-16,18,20-22,24,26-28,30,32-34,37,40-57,59,61-65,67,69-71H2,1-2H3,(H,80,83)/b7-5-,13-11-,19-17-,25-23-,31-29-,36-35-,39-38-,60-58+,68-66+. The molecule has 88 heavy (non-hydrogen) atoms. The van der Waals surface area contributed by atoms with Gasteiger partial charge in [0.1, 0.15) is 24.4 Å². The molecule has 0 aromatic heterocycles. The second-order valence-electron chi connectivity index (χ2n) is 25.3. The fraction of sp³-hybridized carbons (Fsp3) is 0.759. The molecule has 9 heteroatoms. The summed E-state index contributed by atoms with van der Waals surface area (Å²) in [4.78, 5) is 13.1. The van der Waals surface area contributed by atoms with Crippen molar-refractivity contribution in [2.45, 2.75) is 371 Å². The molecule has 508 valence electrons. The Labute approximate surface area is 542 Å². The van der Waals surface area contributed by atoms with Crippen LogP contribution >= 0.6 is 0 Å². The van der Waals surface area contributed by atoms with E-state index in [1.807, 2.05) is 6.08 Å². The molecule has 1 amide bonds. The number of nitrogens with one attached hydrogen (secondary N) is 1. The lowest BCUT2D eigenvalue weighted by Gasteiger charge is -2.40. The molecule has 1 saturated heterocycles. The minimum Gasteiger partial charge on any atom is -0.394 e. The molecule has 0 aromatic rings. The zero-order valence-electron chi connectivity index (χ0n) is 57.0. The summed E-state index contributed by atoms with van der Waals surface area (Å²) in [5.41, 5.74) is 0. The van der Waals surface area contributed by atoms with Crippen LogP contribution in [0.25, 0.3) is 0 Å². The van der Waals surface area contributed by atoms with Gasteiger partial charge in [-0.2, -0.15) is 0 Å². The third kappa shape index (κ3) is 54.6. The topological polar surface area (TPSA) is 149 Å². The molecule has 1 fully saturated rings. The van der Waals surface area contributed by atoms with E-state index in [0.29, 0.717) is 6.42 Å². The molecular formula is C79H139NO8. The molecule has 6 N–H and O–H groups in total. The quantitative estimate of drug-likeness (QED) is 0.0261. The van der Waals surface area contributed by atoms with Gasteiger partial charge in [0.15, 0.2) is 6.29 Å². The smallest absolute Gasteiger partial charge is 0.220 e. The highest BCUT2D eigenvalue weighted by atomic mass is 16.7. The summed E-state index contributed by atoms with van der Waals surface area (Å²) in [5, 5.41) is 54.8. The van der Waals surface area contributed by atoms with Crippen molar-refractivity contribution in [3.05, 3.63) is 109 Å². The molecule has 0 spiro atoms. The van der Waals surface area contributed by atoms with Gasteiger partial charge < -0.3 is 40.3 Å². The zero-order chi connectivity index (χ0) is 63.5. The first-order chi connectivity index (χ1) is 43.3. The Bertz CT molecular complexity index is 1760. The van der Waals surface area contributed by atoms with Crippen LogP contribution in [0, 0.1) is 0 Å². The van der Waals surface area contributed by atoms with Crippen molar-refractivity contribution >= 4 is 5.91 Å². The van der Waals surface area contributed by atoms with Crippen molar-refractivity contribution in [1.82, 2.24) is 5.32 Å². The van der Waals surface area contributed by atoms with Crippen LogP contribution in [0.2, 0.25) is 0 Å². The van der Waals surface area contributed by atoms with Crippen LogP contribution in [0.3, 0.4) is 0 Å². The van der Waals surface area contributed by atoms with Gasteiger partial charge >= 0.3 is 0 Å². The Hall–Kier alpha value is -3.15. The van der Waals surface area contributed by atoms with Gasteiger partial charge in [0.05, 0.1) is 25.4 Å². The summed E-state index contributed by atoms with van der Waals surface area (Å²) < 4.78 is 11.3. The summed E-state index contributed by atoms with van der Waals surface area (Å²) >= 11 is 0. The van der Waals surface area contributed by atoms with Gasteiger partial charge in [-0.05, 0) is 89.9 Å². The average Bonchev–Trinajstić information content (AvgIpc) is 3.65. The van der Waals surface area contributed by atoms with E-state index >= 15 is 0 Å². The first-order valence-electron chi connectivity index (χ1n) is 37.1. The van der Waals surface area contributed by atoms with Crippen LogP contribution in [0.5, 0.6) is 0 Å². The van der Waals surface area contributed by atoms with Gasteiger partial charge in [-0.25, -0.2) is 0 Å². The Morgan fingerprint density at radius 1 is 0.398 bits per heavy atom. The maximum Gasteiger partial charge on any atom is 0.220 e. The Morgan fingerprint density at radius 3 is 1.09 bits per heavy atom. The molecule has 7 atom stereocenters. The number of aliphatic hydroxyl groups excluding tert-OH is 5. The summed E-state index contributed by atoms with van der Waals surface area (Å²) in [6.45, 7) is 3.68. The van der Waals surface area contributed by atoms with Crippen molar-refractivity contribution in [1.29, 1.82) is 0 Å². The molecule has 1 rings (SSSR count). The summed E-state index contributed by atoms with van der Waals surface area (Å²) in [7, 11) is 0. The second-order valence-corrected chi connectivity index (χ2v) is 25.3. The fourth-order valence-corrected chi connectivity index (χ4v) is 11.3. The molecular weight excluding hydrogens is 1090 g/mol. The molecule has 0 aromatic carbocycles. The average molecular weight is 1230 g/mol. The summed E-state index contributed by atoms with van der Waals surface area (Å²) in [6.07, 6.45) is 92.1. The Balaban J connectivity index is 2.14. The second kappa shape index (κ2) is 66.8. The van der Waals surface area contributed by atoms with Crippen LogP contribution in [-0.4, -0.2) is 87.5 Å². The highest BCUT2D eigenvalue weighted by Gasteiger charge is 2.44. The Morgan fingerprint density at radius 2 is 0.716 bits per heavy atom. The molecule has 1 aliphatic rings. The van der Waals surface area contributed by atoms with Crippen LogP contribution in [-0.2, 0) is 14.3 Å². The van der Waals surface area contributed by atoms with E-state index in [0.717, 1.165) is 83.5 Å². The molecule has 1 aliphatic heterocycles. The maximum atomic E-state index is 13.1. The minimum atomic E-state index is -1.58. The monoisotopic (exact) mass is 1230 g/mol. The van der Waals surface area contributed by atoms with Gasteiger partial charge in [-0.3, -0.25) is 4.79 Å². The van der Waals surface area contributed by atoms with Crippen molar-refractivity contribution in [2.75, 3.05) is 13.2 Å². The number of carbonyl (C=O) groups is 1. The third-order valence-corrected chi connectivity index (χ3v) is 17.1. The van der Waals surface area contributed by atoms with E-state index in [2.05, 4.69) is 116 Å². The van der Waals surface area contributed by atoms with Crippen molar-refractivity contribution < 1.29 is 39.8 Å². The largest absolute Gasteiger partial charge is 0.394 e. The predicted molar refractivity (Wildman–Crippen MR) is 377 cm³/mol. The normalized spacial score (nSPS) is 18.6. The lowest BCUT2D eigenvalue weighted by Crippen LogP contribution is -2.60. The van der Waals surface area contributed by atoms with Gasteiger partial charge in [0.2, 0.25) is 5.91 Å². The fourth-order valence-electron chi connectivity index (χ4n) is 11.3. The highest BCUT2D eigenvalue weighted by molar-refractivity contribution is 5.76. The lowest BCUT2D eigenvalue weighted by atomic mass is 9.99. The molecule has 0 bridgehead atoms. The highest BCUT2D eigenvalue weighted by Crippen LogP contribution is 2.23. The van der Waals surface area contributed by atoms with Crippen molar-refractivity contribution in [3.8, 4) is 0 Å². The number of rotatable bonds is 64. The van der Waals surface area contributed by atoms with Crippen LogP contribution < -0.4 is 5.32 Å². The third-order valence-electron chi connectivity index (χ3n) is 17.1. The number of amides is 1. The number of allylic oxidation sites excluding steroid dienone is 17. The predicted octanol–water partition coefficient (Wildman–Crippen LogP) is 20.8. The minimum absolute atomic E-state index is 0.188. The van der Waals surface area contributed by atoms with E-state index in [1.165, 1.54) is 225 Å². The summed E-state index contributed by atoms with van der Waals surface area (Å²) in [6, 6.07) is -0.831. The van der Waals surface area contributed by atoms with Crippen molar-refractivity contribution in [3.63, 3.8) is 0 Å². The van der Waals surface area contributed by atoms with E-state index in [-0.39, 0.29) is 12.5 Å². The molecule has 0 radical (unpaired) electrons. The van der Waals surface area contributed by atoms with E-state index in [1.54, 1.807) is 6.08 Å². The number of hydrogen-bond acceptors (Lipinski definition) is 8. The number of unbranched alkanes of at least 4 members (excludes halogenated alkanes) is 38. The maximum absolute atomic E-state index is 13.1. The Kier molecular flexibility index (Phi) is 62.9. The van der Waals surface area contributed by atoms with E-state index in [4.69, 9.17) is 9.47 Å².